The molecule has 5 rings (SSSR count). The normalized spacial score (nSPS) is 11.0. The first-order valence-corrected chi connectivity index (χ1v) is 11.0. The zero-order chi connectivity index (χ0) is 25.2. The summed E-state index contributed by atoms with van der Waals surface area (Å²) in [6.45, 7) is 0.358. The number of methoxy groups -OCH3 is 1. The standard InChI is InChI=1S/C27H22FN3O5/c1-30-15-26(32)31(27(30)33)18-8-9-23(20(28)12-18)36-22-10-11-29-21-14-25(24(34-2)13-19(21)22)35-16-17-6-4-3-5-7-17/h3-15,32H,16H2,1-2H3. The molecule has 2 heterocycles. The summed E-state index contributed by atoms with van der Waals surface area (Å²) in [5, 5.41) is 10.6. The molecule has 0 aliphatic rings. The van der Waals surface area contributed by atoms with E-state index in [4.69, 9.17) is 14.2 Å². The largest absolute Gasteiger partial charge is 0.493 e. The van der Waals surface area contributed by atoms with E-state index < -0.39 is 11.5 Å². The van der Waals surface area contributed by atoms with Gasteiger partial charge in [-0.05, 0) is 29.8 Å². The predicted octanol–water partition coefficient (Wildman–Crippen LogP) is 4.95. The van der Waals surface area contributed by atoms with Gasteiger partial charge in [0.1, 0.15) is 12.4 Å². The van der Waals surface area contributed by atoms with Crippen molar-refractivity contribution in [2.75, 3.05) is 7.11 Å². The third kappa shape index (κ3) is 4.34. The van der Waals surface area contributed by atoms with Crippen molar-refractivity contribution in [1.29, 1.82) is 0 Å². The predicted molar refractivity (Wildman–Crippen MR) is 132 cm³/mol. The van der Waals surface area contributed by atoms with Crippen molar-refractivity contribution in [3.63, 3.8) is 0 Å². The Morgan fingerprint density at radius 2 is 1.78 bits per heavy atom. The molecule has 2 aromatic heterocycles. The highest BCUT2D eigenvalue weighted by Gasteiger charge is 2.16. The topological polar surface area (TPSA) is 87.7 Å². The summed E-state index contributed by atoms with van der Waals surface area (Å²) in [6, 6.07) is 18.8. The minimum Gasteiger partial charge on any atom is -0.493 e. The van der Waals surface area contributed by atoms with Crippen LogP contribution >= 0.6 is 0 Å². The molecule has 8 nitrogen and oxygen atoms in total. The zero-order valence-electron chi connectivity index (χ0n) is 19.5. The van der Waals surface area contributed by atoms with Crippen LogP contribution in [0.25, 0.3) is 16.6 Å². The van der Waals surface area contributed by atoms with Gasteiger partial charge in [0.25, 0.3) is 0 Å². The number of benzene rings is 3. The second-order valence-electron chi connectivity index (χ2n) is 8.04. The van der Waals surface area contributed by atoms with E-state index in [-0.39, 0.29) is 17.3 Å². The Labute approximate surface area is 205 Å². The van der Waals surface area contributed by atoms with E-state index in [9.17, 15) is 14.3 Å². The number of pyridine rings is 1. The Morgan fingerprint density at radius 3 is 2.47 bits per heavy atom. The van der Waals surface area contributed by atoms with Crippen LogP contribution in [0.5, 0.6) is 28.9 Å². The molecule has 0 amide bonds. The Bertz CT molecular complexity index is 1610. The monoisotopic (exact) mass is 487 g/mol. The van der Waals surface area contributed by atoms with E-state index >= 15 is 0 Å². The number of fused-ring (bicyclic) bond motifs is 1. The number of ether oxygens (including phenoxy) is 3. The summed E-state index contributed by atoms with van der Waals surface area (Å²) in [5.74, 6) is 0.293. The summed E-state index contributed by atoms with van der Waals surface area (Å²) < 4.78 is 34.5. The van der Waals surface area contributed by atoms with Gasteiger partial charge in [-0.2, -0.15) is 0 Å². The van der Waals surface area contributed by atoms with E-state index in [0.29, 0.717) is 34.8 Å². The van der Waals surface area contributed by atoms with Crippen LogP contribution in [0.15, 0.2) is 83.9 Å². The second-order valence-corrected chi connectivity index (χ2v) is 8.04. The van der Waals surface area contributed by atoms with Crippen molar-refractivity contribution < 1.29 is 23.7 Å². The van der Waals surface area contributed by atoms with Gasteiger partial charge in [0, 0.05) is 30.8 Å². The number of hydrogen-bond acceptors (Lipinski definition) is 6. The number of nitrogens with zero attached hydrogens (tertiary/aromatic N) is 3. The third-order valence-corrected chi connectivity index (χ3v) is 5.65. The highest BCUT2D eigenvalue weighted by atomic mass is 19.1. The van der Waals surface area contributed by atoms with Crippen LogP contribution < -0.4 is 19.9 Å². The summed E-state index contributed by atoms with van der Waals surface area (Å²) in [5.41, 5.74) is 1.26. The number of aromatic hydroxyl groups is 1. The van der Waals surface area contributed by atoms with Crippen LogP contribution in [0.1, 0.15) is 5.56 Å². The van der Waals surface area contributed by atoms with Gasteiger partial charge in [0.05, 0.1) is 24.5 Å². The molecular weight excluding hydrogens is 465 g/mol. The van der Waals surface area contributed by atoms with Gasteiger partial charge in [-0.3, -0.25) is 9.55 Å². The van der Waals surface area contributed by atoms with Crippen LogP contribution in [0.3, 0.4) is 0 Å². The molecule has 3 aromatic carbocycles. The molecule has 0 unspecified atom stereocenters. The number of rotatable bonds is 7. The van der Waals surface area contributed by atoms with Gasteiger partial charge < -0.3 is 19.3 Å². The molecule has 0 saturated carbocycles. The maximum atomic E-state index is 15.0. The number of halogens is 1. The summed E-state index contributed by atoms with van der Waals surface area (Å²) in [6.07, 6.45) is 2.80. The summed E-state index contributed by atoms with van der Waals surface area (Å²) in [7, 11) is 3.03. The lowest BCUT2D eigenvalue weighted by molar-refractivity contribution is 0.285. The fourth-order valence-corrected chi connectivity index (χ4v) is 3.84. The van der Waals surface area contributed by atoms with Crippen LogP contribution in [0.4, 0.5) is 4.39 Å². The molecule has 9 heteroatoms. The van der Waals surface area contributed by atoms with E-state index in [0.717, 1.165) is 16.2 Å². The van der Waals surface area contributed by atoms with Gasteiger partial charge >= 0.3 is 5.69 Å². The Balaban J connectivity index is 1.45. The molecule has 0 spiro atoms. The Morgan fingerprint density at radius 1 is 0.972 bits per heavy atom. The van der Waals surface area contributed by atoms with Crippen molar-refractivity contribution >= 4 is 10.9 Å². The zero-order valence-corrected chi connectivity index (χ0v) is 19.5. The molecule has 0 aliphatic heterocycles. The molecule has 0 radical (unpaired) electrons. The number of imidazole rings is 1. The molecule has 1 N–H and O–H groups in total. The number of hydrogen-bond donors (Lipinski definition) is 1. The molecule has 0 aliphatic carbocycles. The molecule has 0 bridgehead atoms. The Kier molecular flexibility index (Phi) is 6.03. The van der Waals surface area contributed by atoms with E-state index in [2.05, 4.69) is 4.98 Å². The molecule has 182 valence electrons. The van der Waals surface area contributed by atoms with E-state index in [1.807, 2.05) is 30.3 Å². The fraction of sp³-hybridized carbons (Fsp3) is 0.111. The molecule has 5 aromatic rings. The minimum atomic E-state index is -0.706. The maximum absolute atomic E-state index is 15.0. The molecule has 0 atom stereocenters. The van der Waals surface area contributed by atoms with E-state index in [1.54, 1.807) is 24.4 Å². The summed E-state index contributed by atoms with van der Waals surface area (Å²) in [4.78, 5) is 16.6. The second kappa shape index (κ2) is 9.46. The maximum Gasteiger partial charge on any atom is 0.335 e. The van der Waals surface area contributed by atoms with Gasteiger partial charge in [-0.25, -0.2) is 13.8 Å². The van der Waals surface area contributed by atoms with Crippen molar-refractivity contribution in [3.8, 4) is 34.6 Å². The van der Waals surface area contributed by atoms with E-state index in [1.165, 1.54) is 37.1 Å². The van der Waals surface area contributed by atoms with Gasteiger partial charge in [0.2, 0.25) is 5.88 Å². The highest BCUT2D eigenvalue weighted by molar-refractivity contribution is 5.88. The lowest BCUT2D eigenvalue weighted by atomic mass is 10.1. The van der Waals surface area contributed by atoms with Crippen LogP contribution in [-0.4, -0.2) is 26.3 Å². The first-order chi connectivity index (χ1) is 17.4. The molecule has 36 heavy (non-hydrogen) atoms. The van der Waals surface area contributed by atoms with Gasteiger partial charge in [-0.1, -0.05) is 30.3 Å². The van der Waals surface area contributed by atoms with Gasteiger partial charge in [-0.15, -0.1) is 0 Å². The average Bonchev–Trinajstić information content (AvgIpc) is 3.14. The molecular formula is C27H22FN3O5. The number of aromatic nitrogens is 3. The lowest BCUT2D eigenvalue weighted by Gasteiger charge is -2.14. The minimum absolute atomic E-state index is 0.0573. The third-order valence-electron chi connectivity index (χ3n) is 5.65. The van der Waals surface area contributed by atoms with Crippen LogP contribution in [0, 0.1) is 5.82 Å². The van der Waals surface area contributed by atoms with Gasteiger partial charge in [0.15, 0.2) is 23.1 Å². The number of aryl methyl sites for hydroxylation is 1. The Hall–Kier alpha value is -4.79. The quantitative estimate of drug-likeness (QED) is 0.350. The van der Waals surface area contributed by atoms with Crippen molar-refractivity contribution in [3.05, 3.63) is 101 Å². The SMILES string of the molecule is COc1cc2c(Oc3ccc(-n4c(O)cn(C)c4=O)cc3F)ccnc2cc1OCc1ccccc1. The highest BCUT2D eigenvalue weighted by Crippen LogP contribution is 2.38. The smallest absolute Gasteiger partial charge is 0.335 e. The van der Waals surface area contributed by atoms with Crippen molar-refractivity contribution in [2.45, 2.75) is 6.61 Å². The lowest BCUT2D eigenvalue weighted by Crippen LogP contribution is -2.20. The first kappa shape index (κ1) is 23.0. The molecule has 0 fully saturated rings. The summed E-state index contributed by atoms with van der Waals surface area (Å²) >= 11 is 0. The van der Waals surface area contributed by atoms with Crippen molar-refractivity contribution in [1.82, 2.24) is 14.1 Å². The van der Waals surface area contributed by atoms with Crippen molar-refractivity contribution in [2.24, 2.45) is 7.05 Å². The van der Waals surface area contributed by atoms with Crippen LogP contribution in [-0.2, 0) is 13.7 Å². The van der Waals surface area contributed by atoms with Crippen LogP contribution in [0.2, 0.25) is 0 Å². The first-order valence-electron chi connectivity index (χ1n) is 11.0. The average molecular weight is 487 g/mol. The fourth-order valence-electron chi connectivity index (χ4n) is 3.84. The molecule has 0 saturated heterocycles.